The van der Waals surface area contributed by atoms with E-state index in [1.54, 1.807) is 0 Å². The average molecular weight is 427 g/mol. The van der Waals surface area contributed by atoms with Crippen LogP contribution in [0.5, 0.6) is 0 Å². The Hall–Kier alpha value is 0.320. The summed E-state index contributed by atoms with van der Waals surface area (Å²) < 4.78 is 2.89. The molecule has 0 spiro atoms. The molecular formula is C11H7Br3OS. The summed E-state index contributed by atoms with van der Waals surface area (Å²) in [5, 5.41) is 10.2. The summed E-state index contributed by atoms with van der Waals surface area (Å²) in [7, 11) is 0. The van der Waals surface area contributed by atoms with Gasteiger partial charge in [-0.1, -0.05) is 31.9 Å². The van der Waals surface area contributed by atoms with Gasteiger partial charge in [-0.15, -0.1) is 11.3 Å². The number of thiophene rings is 1. The number of benzene rings is 1. The van der Waals surface area contributed by atoms with Crippen LogP contribution in [0.25, 0.3) is 0 Å². The van der Waals surface area contributed by atoms with Crippen LogP contribution in [0.1, 0.15) is 16.5 Å². The van der Waals surface area contributed by atoms with Gasteiger partial charge < -0.3 is 5.11 Å². The summed E-state index contributed by atoms with van der Waals surface area (Å²) in [6.45, 7) is 0. The second-order valence-corrected chi connectivity index (χ2v) is 7.47. The van der Waals surface area contributed by atoms with Crippen LogP contribution >= 0.6 is 59.1 Å². The fourth-order valence-corrected chi connectivity index (χ4v) is 3.62. The van der Waals surface area contributed by atoms with Gasteiger partial charge in [-0.05, 0) is 46.3 Å². The van der Waals surface area contributed by atoms with Crippen LogP contribution < -0.4 is 0 Å². The monoisotopic (exact) mass is 424 g/mol. The molecule has 1 heterocycles. The highest BCUT2D eigenvalue weighted by Gasteiger charge is 2.15. The summed E-state index contributed by atoms with van der Waals surface area (Å²) in [5.41, 5.74) is 0.865. The molecule has 0 aliphatic carbocycles. The normalized spacial score (nSPS) is 12.8. The minimum Gasteiger partial charge on any atom is -0.383 e. The Balaban J connectivity index is 2.40. The molecule has 1 nitrogen and oxygen atoms in total. The Labute approximate surface area is 123 Å². The maximum Gasteiger partial charge on any atom is 0.114 e. The smallest absolute Gasteiger partial charge is 0.114 e. The zero-order valence-corrected chi connectivity index (χ0v) is 13.5. The van der Waals surface area contributed by atoms with E-state index in [-0.39, 0.29) is 0 Å². The molecule has 0 aliphatic rings. The van der Waals surface area contributed by atoms with Gasteiger partial charge in [-0.2, -0.15) is 0 Å². The van der Waals surface area contributed by atoms with Crippen molar-refractivity contribution in [3.8, 4) is 0 Å². The molecule has 2 aromatic rings. The summed E-state index contributed by atoms with van der Waals surface area (Å²) in [6, 6.07) is 9.64. The Morgan fingerprint density at radius 2 is 1.81 bits per heavy atom. The lowest BCUT2D eigenvalue weighted by Crippen LogP contribution is -1.98. The largest absolute Gasteiger partial charge is 0.383 e. The lowest BCUT2D eigenvalue weighted by Gasteiger charge is -2.11. The van der Waals surface area contributed by atoms with E-state index in [1.807, 2.05) is 30.3 Å². The van der Waals surface area contributed by atoms with Crippen LogP contribution in [0, 0.1) is 0 Å². The molecule has 0 saturated heterocycles. The molecule has 0 fully saturated rings. The highest BCUT2D eigenvalue weighted by Crippen LogP contribution is 2.35. The van der Waals surface area contributed by atoms with Crippen molar-refractivity contribution < 1.29 is 5.11 Å². The summed E-state index contributed by atoms with van der Waals surface area (Å²) >= 11 is 11.8. The molecule has 1 N–H and O–H groups in total. The Kier molecular flexibility index (Phi) is 4.24. The number of halogens is 3. The average Bonchev–Trinajstić information content (AvgIpc) is 2.67. The summed E-state index contributed by atoms with van der Waals surface area (Å²) in [4.78, 5) is 0.922. The second kappa shape index (κ2) is 5.31. The molecule has 2 rings (SSSR count). The van der Waals surface area contributed by atoms with Crippen LogP contribution in [0.4, 0.5) is 0 Å². The van der Waals surface area contributed by atoms with Crippen molar-refractivity contribution >= 4 is 59.1 Å². The number of aliphatic hydroxyl groups excluding tert-OH is 1. The van der Waals surface area contributed by atoms with E-state index in [9.17, 15) is 5.11 Å². The molecule has 0 saturated carbocycles. The first-order valence-electron chi connectivity index (χ1n) is 4.46. The molecule has 0 radical (unpaired) electrons. The van der Waals surface area contributed by atoms with E-state index in [2.05, 4.69) is 47.8 Å². The van der Waals surface area contributed by atoms with Gasteiger partial charge in [0.25, 0.3) is 0 Å². The fraction of sp³-hybridized carbons (Fsp3) is 0.0909. The number of rotatable bonds is 2. The molecular weight excluding hydrogens is 420 g/mol. The first-order chi connectivity index (χ1) is 7.58. The number of hydrogen-bond donors (Lipinski definition) is 1. The van der Waals surface area contributed by atoms with E-state index >= 15 is 0 Å². The minimum absolute atomic E-state index is 0.594. The predicted octanol–water partition coefficient (Wildman–Crippen LogP) is 5.12. The highest BCUT2D eigenvalue weighted by atomic mass is 79.9. The summed E-state index contributed by atoms with van der Waals surface area (Å²) in [5.74, 6) is 0. The predicted molar refractivity (Wildman–Crippen MR) is 77.9 cm³/mol. The number of hydrogen-bond acceptors (Lipinski definition) is 2. The van der Waals surface area contributed by atoms with Crippen LogP contribution in [0.15, 0.2) is 43.1 Å². The molecule has 0 amide bonds. The van der Waals surface area contributed by atoms with Crippen molar-refractivity contribution in [1.82, 2.24) is 0 Å². The van der Waals surface area contributed by atoms with Crippen molar-refractivity contribution in [2.45, 2.75) is 6.10 Å². The van der Waals surface area contributed by atoms with Gasteiger partial charge in [0.15, 0.2) is 0 Å². The molecule has 0 aliphatic heterocycles. The Morgan fingerprint density at radius 1 is 1.06 bits per heavy atom. The van der Waals surface area contributed by atoms with E-state index in [0.29, 0.717) is 0 Å². The second-order valence-electron chi connectivity index (χ2n) is 3.21. The molecule has 16 heavy (non-hydrogen) atoms. The third kappa shape index (κ3) is 2.76. The van der Waals surface area contributed by atoms with Gasteiger partial charge in [-0.25, -0.2) is 0 Å². The van der Waals surface area contributed by atoms with Gasteiger partial charge in [0, 0.05) is 19.4 Å². The third-order valence-corrected chi connectivity index (χ3v) is 5.01. The van der Waals surface area contributed by atoms with E-state index in [0.717, 1.165) is 23.2 Å². The van der Waals surface area contributed by atoms with Gasteiger partial charge >= 0.3 is 0 Å². The highest BCUT2D eigenvalue weighted by molar-refractivity contribution is 9.11. The zero-order chi connectivity index (χ0) is 11.7. The molecule has 84 valence electrons. The van der Waals surface area contributed by atoms with E-state index < -0.39 is 6.10 Å². The fourth-order valence-electron chi connectivity index (χ4n) is 1.35. The SMILES string of the molecule is OC(c1ccc(Br)s1)c1cc(Br)ccc1Br. The van der Waals surface area contributed by atoms with Crippen molar-refractivity contribution in [3.05, 3.63) is 53.5 Å². The van der Waals surface area contributed by atoms with Crippen molar-refractivity contribution in [2.75, 3.05) is 0 Å². The topological polar surface area (TPSA) is 20.2 Å². The van der Waals surface area contributed by atoms with Crippen molar-refractivity contribution in [3.63, 3.8) is 0 Å². The van der Waals surface area contributed by atoms with Gasteiger partial charge in [0.1, 0.15) is 6.10 Å². The van der Waals surface area contributed by atoms with Gasteiger partial charge in [0.05, 0.1) is 3.79 Å². The quantitative estimate of drug-likeness (QED) is 0.706. The van der Waals surface area contributed by atoms with Crippen LogP contribution in [0.2, 0.25) is 0 Å². The Bertz CT molecular complexity index is 510. The minimum atomic E-state index is -0.594. The van der Waals surface area contributed by atoms with E-state index in [4.69, 9.17) is 0 Å². The Morgan fingerprint density at radius 3 is 2.44 bits per heavy atom. The van der Waals surface area contributed by atoms with Crippen molar-refractivity contribution in [2.24, 2.45) is 0 Å². The molecule has 5 heteroatoms. The maximum atomic E-state index is 10.2. The molecule has 0 bridgehead atoms. The van der Waals surface area contributed by atoms with Gasteiger partial charge in [-0.3, -0.25) is 0 Å². The van der Waals surface area contributed by atoms with Crippen molar-refractivity contribution in [1.29, 1.82) is 0 Å². The first kappa shape index (κ1) is 12.8. The third-order valence-electron chi connectivity index (χ3n) is 2.12. The lowest BCUT2D eigenvalue weighted by atomic mass is 10.1. The molecule has 1 aromatic heterocycles. The maximum absolute atomic E-state index is 10.2. The van der Waals surface area contributed by atoms with Gasteiger partial charge in [0.2, 0.25) is 0 Å². The van der Waals surface area contributed by atoms with Crippen LogP contribution in [-0.2, 0) is 0 Å². The van der Waals surface area contributed by atoms with Crippen LogP contribution in [-0.4, -0.2) is 5.11 Å². The molecule has 1 aromatic carbocycles. The first-order valence-corrected chi connectivity index (χ1v) is 7.65. The van der Waals surface area contributed by atoms with Crippen LogP contribution in [0.3, 0.4) is 0 Å². The number of aliphatic hydroxyl groups is 1. The zero-order valence-electron chi connectivity index (χ0n) is 7.95. The summed E-state index contributed by atoms with van der Waals surface area (Å²) in [6.07, 6.45) is -0.594. The van der Waals surface area contributed by atoms with E-state index in [1.165, 1.54) is 11.3 Å². The lowest BCUT2D eigenvalue weighted by molar-refractivity contribution is 0.223. The molecule has 1 atom stereocenters. The standard InChI is InChI=1S/C11H7Br3OS/c12-6-1-2-8(13)7(5-6)11(15)9-3-4-10(14)16-9/h1-5,11,15H. The molecule has 1 unspecified atom stereocenters.